The molecule has 0 spiro atoms. The Kier molecular flexibility index (Phi) is 7.40. The second-order valence-corrected chi connectivity index (χ2v) is 7.18. The second kappa shape index (κ2) is 10.4. The van der Waals surface area contributed by atoms with Crippen LogP contribution >= 0.6 is 15.9 Å². The molecule has 1 atom stereocenters. The molecular weight excluding hydrogens is 452 g/mol. The Balaban J connectivity index is 1.62. The highest BCUT2D eigenvalue weighted by Gasteiger charge is 2.25. The van der Waals surface area contributed by atoms with Crippen molar-refractivity contribution in [3.8, 4) is 0 Å². The number of rotatable bonds is 8. The van der Waals surface area contributed by atoms with Gasteiger partial charge in [-0.05, 0) is 45.8 Å². The van der Waals surface area contributed by atoms with E-state index in [0.29, 0.717) is 10.2 Å². The first-order valence-electron chi connectivity index (χ1n) is 9.12. The molecule has 0 saturated carbocycles. The van der Waals surface area contributed by atoms with Gasteiger partial charge in [0.05, 0.1) is 12.0 Å². The predicted molar refractivity (Wildman–Crippen MR) is 114 cm³/mol. The fourth-order valence-electron chi connectivity index (χ4n) is 2.67. The van der Waals surface area contributed by atoms with E-state index in [2.05, 4.69) is 26.6 Å². The number of hydrogen-bond donors (Lipinski definition) is 2. The molecule has 0 aliphatic carbocycles. The Morgan fingerprint density at radius 3 is 2.40 bits per heavy atom. The van der Waals surface area contributed by atoms with Crippen LogP contribution in [-0.4, -0.2) is 30.4 Å². The second-order valence-electron chi connectivity index (χ2n) is 6.33. The number of carbonyl (C=O) groups is 3. The number of furan rings is 1. The predicted octanol–water partition coefficient (Wildman–Crippen LogP) is 3.57. The lowest BCUT2D eigenvalue weighted by molar-refractivity contribution is -0.149. The zero-order valence-corrected chi connectivity index (χ0v) is 17.4. The molecule has 1 heterocycles. The van der Waals surface area contributed by atoms with Crippen molar-refractivity contribution >= 4 is 39.4 Å². The Morgan fingerprint density at radius 2 is 1.70 bits per heavy atom. The van der Waals surface area contributed by atoms with Crippen LogP contribution in [0.25, 0.3) is 0 Å². The van der Waals surface area contributed by atoms with Gasteiger partial charge in [0.1, 0.15) is 6.04 Å². The number of nitrogens with one attached hydrogen (secondary N) is 2. The first kappa shape index (κ1) is 21.3. The Morgan fingerprint density at radius 1 is 0.967 bits per heavy atom. The smallest absolute Gasteiger partial charge is 0.329 e. The van der Waals surface area contributed by atoms with Crippen molar-refractivity contribution in [1.29, 1.82) is 0 Å². The van der Waals surface area contributed by atoms with Crippen LogP contribution in [0, 0.1) is 0 Å². The molecule has 3 aromatic rings. The van der Waals surface area contributed by atoms with Crippen LogP contribution in [0.3, 0.4) is 0 Å². The van der Waals surface area contributed by atoms with Gasteiger partial charge >= 0.3 is 5.97 Å². The molecule has 0 saturated heterocycles. The summed E-state index contributed by atoms with van der Waals surface area (Å²) in [6, 6.07) is 18.3. The first-order valence-corrected chi connectivity index (χ1v) is 9.91. The molecule has 154 valence electrons. The van der Waals surface area contributed by atoms with Crippen molar-refractivity contribution in [3.05, 3.63) is 88.8 Å². The van der Waals surface area contributed by atoms with E-state index in [4.69, 9.17) is 9.15 Å². The van der Waals surface area contributed by atoms with E-state index in [0.717, 1.165) is 5.56 Å². The highest BCUT2D eigenvalue weighted by Crippen LogP contribution is 2.21. The largest absolute Gasteiger partial charge is 0.459 e. The van der Waals surface area contributed by atoms with E-state index >= 15 is 0 Å². The fourth-order valence-corrected chi connectivity index (χ4v) is 3.05. The molecule has 0 aliphatic heterocycles. The standard InChI is InChI=1S/C22H19BrN2O5/c23-16-9-4-5-10-17(16)24-20(26)14-30-22(28)18(13-15-7-2-1-3-8-15)25-21(27)19-11-6-12-29-19/h1-12,18H,13-14H2,(H,24,26)(H,25,27)/t18-/m1/s1. The summed E-state index contributed by atoms with van der Waals surface area (Å²) in [5.74, 6) is -1.69. The number of benzene rings is 2. The summed E-state index contributed by atoms with van der Waals surface area (Å²) in [6.07, 6.45) is 1.57. The Bertz CT molecular complexity index is 1010. The number of hydrogen-bond acceptors (Lipinski definition) is 5. The summed E-state index contributed by atoms with van der Waals surface area (Å²) in [4.78, 5) is 37.1. The summed E-state index contributed by atoms with van der Waals surface area (Å²) in [5, 5.41) is 5.26. The lowest BCUT2D eigenvalue weighted by atomic mass is 10.1. The number of carbonyl (C=O) groups excluding carboxylic acids is 3. The normalized spacial score (nSPS) is 11.4. The molecule has 8 heteroatoms. The van der Waals surface area contributed by atoms with Crippen LogP contribution in [-0.2, 0) is 20.7 Å². The number of esters is 1. The average molecular weight is 471 g/mol. The summed E-state index contributed by atoms with van der Waals surface area (Å²) in [6.45, 7) is -0.484. The van der Waals surface area contributed by atoms with Crippen LogP contribution in [0.5, 0.6) is 0 Å². The molecule has 7 nitrogen and oxygen atoms in total. The molecule has 2 aromatic carbocycles. The van der Waals surface area contributed by atoms with Gasteiger partial charge in [0.15, 0.2) is 12.4 Å². The van der Waals surface area contributed by atoms with Gasteiger partial charge in [-0.2, -0.15) is 0 Å². The maximum Gasteiger partial charge on any atom is 0.329 e. The topological polar surface area (TPSA) is 97.6 Å². The van der Waals surface area contributed by atoms with E-state index in [1.165, 1.54) is 12.3 Å². The van der Waals surface area contributed by atoms with Crippen LogP contribution in [0.15, 0.2) is 81.9 Å². The van der Waals surface area contributed by atoms with E-state index in [-0.39, 0.29) is 12.2 Å². The summed E-state index contributed by atoms with van der Waals surface area (Å²) in [7, 11) is 0. The number of anilines is 1. The third kappa shape index (κ3) is 6.05. The van der Waals surface area contributed by atoms with Gasteiger partial charge in [-0.15, -0.1) is 0 Å². The van der Waals surface area contributed by atoms with E-state index in [1.54, 1.807) is 24.3 Å². The molecule has 30 heavy (non-hydrogen) atoms. The van der Waals surface area contributed by atoms with Crippen LogP contribution in [0.2, 0.25) is 0 Å². The van der Waals surface area contributed by atoms with E-state index < -0.39 is 30.4 Å². The minimum absolute atomic E-state index is 0.0764. The van der Waals surface area contributed by atoms with Crippen molar-refractivity contribution in [2.75, 3.05) is 11.9 Å². The summed E-state index contributed by atoms with van der Waals surface area (Å²) in [5.41, 5.74) is 1.39. The number of halogens is 1. The SMILES string of the molecule is O=C(COC(=O)[C@@H](Cc1ccccc1)NC(=O)c1ccco1)Nc1ccccc1Br. The minimum atomic E-state index is -0.985. The molecule has 0 bridgehead atoms. The van der Waals surface area contributed by atoms with Crippen molar-refractivity contribution in [3.63, 3.8) is 0 Å². The van der Waals surface area contributed by atoms with Gasteiger partial charge in [0.25, 0.3) is 11.8 Å². The van der Waals surface area contributed by atoms with Gasteiger partial charge in [0, 0.05) is 10.9 Å². The molecule has 2 amide bonds. The average Bonchev–Trinajstić information content (AvgIpc) is 3.29. The Labute approximate surface area is 181 Å². The van der Waals surface area contributed by atoms with Gasteiger partial charge in [-0.1, -0.05) is 42.5 Å². The third-order valence-corrected chi connectivity index (χ3v) is 4.80. The fraction of sp³-hybridized carbons (Fsp3) is 0.136. The molecule has 0 radical (unpaired) electrons. The monoisotopic (exact) mass is 470 g/mol. The zero-order chi connectivity index (χ0) is 21.3. The lowest BCUT2D eigenvalue weighted by Crippen LogP contribution is -2.44. The van der Waals surface area contributed by atoms with Crippen molar-refractivity contribution in [1.82, 2.24) is 5.32 Å². The van der Waals surface area contributed by atoms with Crippen LogP contribution in [0.1, 0.15) is 16.1 Å². The summed E-state index contributed by atoms with van der Waals surface area (Å²) >= 11 is 3.33. The summed E-state index contributed by atoms with van der Waals surface area (Å²) < 4.78 is 10.9. The highest BCUT2D eigenvalue weighted by atomic mass is 79.9. The number of para-hydroxylation sites is 1. The molecule has 0 fully saturated rings. The maximum absolute atomic E-state index is 12.6. The minimum Gasteiger partial charge on any atom is -0.459 e. The zero-order valence-electron chi connectivity index (χ0n) is 15.8. The quantitative estimate of drug-likeness (QED) is 0.490. The van der Waals surface area contributed by atoms with Gasteiger partial charge in [-0.25, -0.2) is 4.79 Å². The van der Waals surface area contributed by atoms with Crippen molar-refractivity contribution in [2.24, 2.45) is 0 Å². The van der Waals surface area contributed by atoms with E-state index in [9.17, 15) is 14.4 Å². The third-order valence-electron chi connectivity index (χ3n) is 4.11. The van der Waals surface area contributed by atoms with Crippen LogP contribution < -0.4 is 10.6 Å². The highest BCUT2D eigenvalue weighted by molar-refractivity contribution is 9.10. The van der Waals surface area contributed by atoms with Crippen molar-refractivity contribution in [2.45, 2.75) is 12.5 Å². The van der Waals surface area contributed by atoms with Crippen LogP contribution in [0.4, 0.5) is 5.69 Å². The molecule has 0 aliphatic rings. The van der Waals surface area contributed by atoms with Gasteiger partial charge in [0.2, 0.25) is 0 Å². The van der Waals surface area contributed by atoms with Crippen molar-refractivity contribution < 1.29 is 23.5 Å². The molecule has 2 N–H and O–H groups in total. The molecule has 0 unspecified atom stereocenters. The molecule has 3 rings (SSSR count). The maximum atomic E-state index is 12.6. The molecular formula is C22H19BrN2O5. The lowest BCUT2D eigenvalue weighted by Gasteiger charge is -2.17. The van der Waals surface area contributed by atoms with Gasteiger partial charge < -0.3 is 19.8 Å². The van der Waals surface area contributed by atoms with Gasteiger partial charge in [-0.3, -0.25) is 9.59 Å². The number of ether oxygens (including phenoxy) is 1. The molecule has 1 aromatic heterocycles. The first-order chi connectivity index (χ1) is 14.5. The number of amides is 2. The van der Waals surface area contributed by atoms with E-state index in [1.807, 2.05) is 36.4 Å². The Hall–Kier alpha value is -3.39.